The van der Waals surface area contributed by atoms with E-state index in [1.165, 1.54) is 0 Å². The highest BCUT2D eigenvalue weighted by Gasteiger charge is 2.17. The number of nitrogens with one attached hydrogen (secondary N) is 1. The van der Waals surface area contributed by atoms with Crippen LogP contribution in [0.2, 0.25) is 5.02 Å². The first-order chi connectivity index (χ1) is 15.7. The van der Waals surface area contributed by atoms with Crippen molar-refractivity contribution >= 4 is 34.4 Å². The fourth-order valence-electron chi connectivity index (χ4n) is 3.45. The van der Waals surface area contributed by atoms with E-state index in [-0.39, 0.29) is 0 Å². The predicted molar refractivity (Wildman–Crippen MR) is 129 cm³/mol. The molecule has 0 aliphatic rings. The minimum Gasteiger partial charge on any atom is -0.494 e. The van der Waals surface area contributed by atoms with E-state index in [1.807, 2.05) is 84.3 Å². The van der Waals surface area contributed by atoms with Crippen LogP contribution in [0.15, 0.2) is 78.0 Å². The molecule has 0 saturated carbocycles. The molecule has 0 fully saturated rings. The monoisotopic (exact) mass is 461 g/mol. The number of halogens is 1. The first-order valence-corrected chi connectivity index (χ1v) is 11.6. The van der Waals surface area contributed by atoms with Gasteiger partial charge in [-0.25, -0.2) is 4.98 Å². The summed E-state index contributed by atoms with van der Waals surface area (Å²) in [4.78, 5) is 8.04. The van der Waals surface area contributed by atoms with Crippen molar-refractivity contribution < 1.29 is 4.74 Å². The van der Waals surface area contributed by atoms with Crippen LogP contribution >= 0.6 is 23.4 Å². The SMILES string of the molecule is CCOc1ccc(-n2c(SCc3nc4ccccc4[nH]3)nnc2-c2ccc(Cl)cc2)cc1. The smallest absolute Gasteiger partial charge is 0.196 e. The van der Waals surface area contributed by atoms with Gasteiger partial charge < -0.3 is 9.72 Å². The number of ether oxygens (including phenoxy) is 1. The standard InChI is InChI=1S/C24H20ClN5OS/c1-2-31-19-13-11-18(12-14-19)30-23(16-7-9-17(25)10-8-16)28-29-24(30)32-15-22-26-20-5-3-4-6-21(20)27-22/h3-14H,2,15H2,1H3,(H,26,27). The molecule has 0 atom stereocenters. The van der Waals surface area contributed by atoms with Gasteiger partial charge >= 0.3 is 0 Å². The van der Waals surface area contributed by atoms with E-state index in [2.05, 4.69) is 20.2 Å². The fraction of sp³-hybridized carbons (Fsp3) is 0.125. The van der Waals surface area contributed by atoms with Crippen molar-refractivity contribution in [3.05, 3.63) is 83.6 Å². The van der Waals surface area contributed by atoms with Crippen LogP contribution < -0.4 is 4.74 Å². The Bertz CT molecular complexity index is 1310. The van der Waals surface area contributed by atoms with E-state index in [0.29, 0.717) is 17.4 Å². The number of imidazole rings is 1. The second-order valence-corrected chi connectivity index (χ2v) is 8.44. The van der Waals surface area contributed by atoms with Crippen LogP contribution in [0.1, 0.15) is 12.7 Å². The predicted octanol–water partition coefficient (Wildman–Crippen LogP) is 6.16. The minimum atomic E-state index is 0.626. The van der Waals surface area contributed by atoms with Crippen LogP contribution in [0.3, 0.4) is 0 Å². The lowest BCUT2D eigenvalue weighted by Crippen LogP contribution is -2.00. The molecule has 5 rings (SSSR count). The van der Waals surface area contributed by atoms with Crippen molar-refractivity contribution in [2.24, 2.45) is 0 Å². The molecule has 160 valence electrons. The van der Waals surface area contributed by atoms with Gasteiger partial charge in [0.1, 0.15) is 11.6 Å². The number of benzene rings is 3. The number of para-hydroxylation sites is 2. The molecular formula is C24H20ClN5OS. The van der Waals surface area contributed by atoms with Gasteiger partial charge in [0.05, 0.1) is 23.4 Å². The van der Waals surface area contributed by atoms with Gasteiger partial charge in [-0.2, -0.15) is 0 Å². The summed E-state index contributed by atoms with van der Waals surface area (Å²) in [5.74, 6) is 3.11. The maximum Gasteiger partial charge on any atom is 0.196 e. The Kier molecular flexibility index (Phi) is 5.83. The lowest BCUT2D eigenvalue weighted by molar-refractivity contribution is 0.340. The molecule has 0 saturated heterocycles. The van der Waals surface area contributed by atoms with Gasteiger partial charge in [0.15, 0.2) is 11.0 Å². The first kappa shape index (κ1) is 20.6. The molecule has 0 radical (unpaired) electrons. The lowest BCUT2D eigenvalue weighted by Gasteiger charge is -2.11. The maximum atomic E-state index is 6.09. The van der Waals surface area contributed by atoms with Crippen LogP contribution in [-0.2, 0) is 5.75 Å². The molecule has 32 heavy (non-hydrogen) atoms. The summed E-state index contributed by atoms with van der Waals surface area (Å²) in [6.07, 6.45) is 0. The Hall–Kier alpha value is -3.29. The molecule has 6 nitrogen and oxygen atoms in total. The summed E-state index contributed by atoms with van der Waals surface area (Å²) >= 11 is 7.67. The maximum absolute atomic E-state index is 6.09. The van der Waals surface area contributed by atoms with E-state index in [0.717, 1.165) is 44.8 Å². The Morgan fingerprint density at radius 3 is 2.50 bits per heavy atom. The zero-order chi connectivity index (χ0) is 21.9. The number of thioether (sulfide) groups is 1. The van der Waals surface area contributed by atoms with E-state index in [1.54, 1.807) is 11.8 Å². The zero-order valence-electron chi connectivity index (χ0n) is 17.3. The Balaban J connectivity index is 1.50. The number of fused-ring (bicyclic) bond motifs is 1. The van der Waals surface area contributed by atoms with Gasteiger partial charge in [-0.05, 0) is 67.6 Å². The van der Waals surface area contributed by atoms with Crippen LogP contribution in [0, 0.1) is 0 Å². The highest BCUT2D eigenvalue weighted by atomic mass is 35.5. The number of H-pyrrole nitrogens is 1. The van der Waals surface area contributed by atoms with Gasteiger partial charge in [0, 0.05) is 16.3 Å². The molecule has 2 aromatic heterocycles. The third-order valence-electron chi connectivity index (χ3n) is 4.92. The van der Waals surface area contributed by atoms with E-state index < -0.39 is 0 Å². The molecule has 1 N–H and O–H groups in total. The number of hydrogen-bond donors (Lipinski definition) is 1. The normalized spacial score (nSPS) is 11.2. The number of aromatic amines is 1. The topological polar surface area (TPSA) is 68.6 Å². The van der Waals surface area contributed by atoms with Crippen molar-refractivity contribution in [3.8, 4) is 22.8 Å². The lowest BCUT2D eigenvalue weighted by atomic mass is 10.2. The Labute approximate surface area is 194 Å². The van der Waals surface area contributed by atoms with E-state index >= 15 is 0 Å². The van der Waals surface area contributed by atoms with Crippen LogP contribution in [-0.4, -0.2) is 31.3 Å². The van der Waals surface area contributed by atoms with Crippen molar-refractivity contribution in [3.63, 3.8) is 0 Å². The molecule has 0 spiro atoms. The molecule has 0 unspecified atom stereocenters. The molecule has 8 heteroatoms. The van der Waals surface area contributed by atoms with Gasteiger partial charge in [0.2, 0.25) is 0 Å². The summed E-state index contributed by atoms with van der Waals surface area (Å²) < 4.78 is 7.65. The molecule has 0 bridgehead atoms. The quantitative estimate of drug-likeness (QED) is 0.294. The van der Waals surface area contributed by atoms with Gasteiger partial charge in [-0.3, -0.25) is 4.57 Å². The zero-order valence-corrected chi connectivity index (χ0v) is 18.9. The van der Waals surface area contributed by atoms with E-state index in [9.17, 15) is 0 Å². The summed E-state index contributed by atoms with van der Waals surface area (Å²) in [7, 11) is 0. The highest BCUT2D eigenvalue weighted by molar-refractivity contribution is 7.98. The second-order valence-electron chi connectivity index (χ2n) is 7.06. The van der Waals surface area contributed by atoms with Crippen LogP contribution in [0.4, 0.5) is 0 Å². The number of nitrogens with zero attached hydrogens (tertiary/aromatic N) is 4. The van der Waals surface area contributed by atoms with Gasteiger partial charge in [-0.15, -0.1) is 10.2 Å². The first-order valence-electron chi connectivity index (χ1n) is 10.2. The number of aromatic nitrogens is 5. The van der Waals surface area contributed by atoms with Crippen molar-refractivity contribution in [2.75, 3.05) is 6.61 Å². The largest absolute Gasteiger partial charge is 0.494 e. The molecule has 2 heterocycles. The van der Waals surface area contributed by atoms with Gasteiger partial charge in [-0.1, -0.05) is 35.5 Å². The minimum absolute atomic E-state index is 0.626. The summed E-state index contributed by atoms with van der Waals surface area (Å²) in [5, 5.41) is 10.4. The van der Waals surface area contributed by atoms with Crippen LogP contribution in [0.25, 0.3) is 28.1 Å². The second kappa shape index (κ2) is 9.06. The average molecular weight is 462 g/mol. The Morgan fingerprint density at radius 2 is 1.75 bits per heavy atom. The molecule has 3 aromatic carbocycles. The summed E-state index contributed by atoms with van der Waals surface area (Å²) in [5.41, 5.74) is 3.87. The van der Waals surface area contributed by atoms with Crippen molar-refractivity contribution in [1.29, 1.82) is 0 Å². The molecule has 0 aliphatic heterocycles. The van der Waals surface area contributed by atoms with Crippen LogP contribution in [0.5, 0.6) is 5.75 Å². The third-order valence-corrected chi connectivity index (χ3v) is 6.11. The number of rotatable bonds is 7. The molecular weight excluding hydrogens is 442 g/mol. The molecule has 0 aliphatic carbocycles. The molecule has 5 aromatic rings. The third kappa shape index (κ3) is 4.22. The number of hydrogen-bond acceptors (Lipinski definition) is 5. The van der Waals surface area contributed by atoms with E-state index in [4.69, 9.17) is 16.3 Å². The Morgan fingerprint density at radius 1 is 0.969 bits per heavy atom. The summed E-state index contributed by atoms with van der Waals surface area (Å²) in [6, 6.07) is 23.6. The van der Waals surface area contributed by atoms with Crippen molar-refractivity contribution in [2.45, 2.75) is 17.8 Å². The highest BCUT2D eigenvalue weighted by Crippen LogP contribution is 2.31. The summed E-state index contributed by atoms with van der Waals surface area (Å²) in [6.45, 7) is 2.60. The van der Waals surface area contributed by atoms with Crippen molar-refractivity contribution in [1.82, 2.24) is 24.7 Å². The average Bonchev–Trinajstić information content (AvgIpc) is 3.43. The molecule has 0 amide bonds. The van der Waals surface area contributed by atoms with Gasteiger partial charge in [0.25, 0.3) is 0 Å². The fourth-order valence-corrected chi connectivity index (χ4v) is 4.40.